The molecule has 0 aromatic heterocycles. The molecule has 0 heterocycles. The number of carbonyl (C=O) groups excluding carboxylic acids is 2. The highest BCUT2D eigenvalue weighted by Gasteiger charge is 2.16. The van der Waals surface area contributed by atoms with Gasteiger partial charge in [0.05, 0.1) is 31.0 Å². The van der Waals surface area contributed by atoms with Crippen molar-refractivity contribution in [1.82, 2.24) is 0 Å². The van der Waals surface area contributed by atoms with E-state index in [1.165, 1.54) is 12.1 Å². The zero-order chi connectivity index (χ0) is 15.3. The molecule has 1 aromatic rings. The summed E-state index contributed by atoms with van der Waals surface area (Å²) in [6.07, 6.45) is 0.847. The van der Waals surface area contributed by atoms with Crippen LogP contribution >= 0.6 is 27.5 Å². The SMILES string of the molecule is COC(=O)/C=C(/Nc1cc(Br)cc(Cl)c1F)C(=O)OC. The zero-order valence-electron chi connectivity index (χ0n) is 10.5. The van der Waals surface area contributed by atoms with Crippen molar-refractivity contribution in [3.05, 3.63) is 39.2 Å². The summed E-state index contributed by atoms with van der Waals surface area (Å²) < 4.78 is 23.2. The number of hydrogen-bond acceptors (Lipinski definition) is 5. The standard InChI is InChI=1S/C12H10BrClFNO4/c1-19-10(17)5-9(12(18)20-2)16-8-4-6(13)3-7(14)11(8)15/h3-5,16H,1-2H3/b9-5+. The third-order valence-electron chi connectivity index (χ3n) is 2.13. The van der Waals surface area contributed by atoms with Crippen LogP contribution in [0.1, 0.15) is 0 Å². The van der Waals surface area contributed by atoms with Gasteiger partial charge in [0.15, 0.2) is 5.82 Å². The van der Waals surface area contributed by atoms with Crippen LogP contribution in [0.5, 0.6) is 0 Å². The van der Waals surface area contributed by atoms with E-state index < -0.39 is 17.8 Å². The fourth-order valence-corrected chi connectivity index (χ4v) is 2.03. The minimum absolute atomic E-state index is 0.0927. The van der Waals surface area contributed by atoms with Crippen molar-refractivity contribution in [2.24, 2.45) is 0 Å². The van der Waals surface area contributed by atoms with Gasteiger partial charge in [-0.05, 0) is 12.1 Å². The molecule has 0 aliphatic heterocycles. The maximum atomic E-state index is 13.8. The molecule has 0 spiro atoms. The largest absolute Gasteiger partial charge is 0.466 e. The monoisotopic (exact) mass is 365 g/mol. The van der Waals surface area contributed by atoms with Gasteiger partial charge in [-0.3, -0.25) is 0 Å². The predicted molar refractivity (Wildman–Crippen MR) is 74.8 cm³/mol. The van der Waals surface area contributed by atoms with Crippen LogP contribution in [0.3, 0.4) is 0 Å². The lowest BCUT2D eigenvalue weighted by Gasteiger charge is -2.11. The van der Waals surface area contributed by atoms with E-state index in [-0.39, 0.29) is 16.4 Å². The molecule has 0 aliphatic carbocycles. The van der Waals surface area contributed by atoms with Crippen molar-refractivity contribution in [2.75, 3.05) is 19.5 Å². The third-order valence-corrected chi connectivity index (χ3v) is 2.86. The van der Waals surface area contributed by atoms with Crippen molar-refractivity contribution < 1.29 is 23.5 Å². The molecule has 0 saturated heterocycles. The Kier molecular flexibility index (Phi) is 5.97. The van der Waals surface area contributed by atoms with Crippen LogP contribution < -0.4 is 5.32 Å². The Morgan fingerprint density at radius 3 is 2.55 bits per heavy atom. The molecule has 1 N–H and O–H groups in total. The summed E-state index contributed by atoms with van der Waals surface area (Å²) in [5.41, 5.74) is -0.377. The van der Waals surface area contributed by atoms with E-state index in [1.54, 1.807) is 0 Å². The predicted octanol–water partition coefficient (Wildman–Crippen LogP) is 2.88. The first-order valence-electron chi connectivity index (χ1n) is 5.18. The molecular formula is C12H10BrClFNO4. The number of hydrogen-bond donors (Lipinski definition) is 1. The minimum atomic E-state index is -0.856. The van der Waals surface area contributed by atoms with E-state index in [9.17, 15) is 14.0 Å². The van der Waals surface area contributed by atoms with Crippen LogP contribution in [-0.2, 0) is 19.1 Å². The first-order valence-corrected chi connectivity index (χ1v) is 6.35. The number of esters is 2. The number of rotatable bonds is 4. The fourth-order valence-electron chi connectivity index (χ4n) is 1.22. The van der Waals surface area contributed by atoms with Gasteiger partial charge in [-0.1, -0.05) is 27.5 Å². The van der Waals surface area contributed by atoms with Gasteiger partial charge in [-0.15, -0.1) is 0 Å². The van der Waals surface area contributed by atoms with E-state index in [2.05, 4.69) is 30.7 Å². The molecule has 5 nitrogen and oxygen atoms in total. The Bertz CT molecular complexity index is 577. The molecule has 0 saturated carbocycles. The van der Waals surface area contributed by atoms with Crippen LogP contribution in [0.15, 0.2) is 28.4 Å². The quantitative estimate of drug-likeness (QED) is 0.504. The second-order valence-corrected chi connectivity index (χ2v) is 4.77. The molecule has 1 rings (SSSR count). The topological polar surface area (TPSA) is 64.6 Å². The number of nitrogens with one attached hydrogen (secondary N) is 1. The van der Waals surface area contributed by atoms with Crippen LogP contribution in [-0.4, -0.2) is 26.2 Å². The Morgan fingerprint density at radius 1 is 1.35 bits per heavy atom. The van der Waals surface area contributed by atoms with Crippen molar-refractivity contribution in [3.63, 3.8) is 0 Å². The number of carbonyl (C=O) groups is 2. The molecular weight excluding hydrogens is 356 g/mol. The molecule has 0 radical (unpaired) electrons. The average molecular weight is 367 g/mol. The van der Waals surface area contributed by atoms with E-state index in [0.717, 1.165) is 20.3 Å². The van der Waals surface area contributed by atoms with Gasteiger partial charge in [-0.2, -0.15) is 0 Å². The second kappa shape index (κ2) is 7.25. The summed E-state index contributed by atoms with van der Waals surface area (Å²) in [7, 11) is 2.27. The van der Waals surface area contributed by atoms with E-state index in [4.69, 9.17) is 11.6 Å². The normalized spacial score (nSPS) is 10.9. The van der Waals surface area contributed by atoms with Gasteiger partial charge in [0.25, 0.3) is 0 Å². The Labute approximate surface area is 127 Å². The number of anilines is 1. The summed E-state index contributed by atoms with van der Waals surface area (Å²) in [4.78, 5) is 22.7. The molecule has 0 amide bonds. The number of methoxy groups -OCH3 is 2. The van der Waals surface area contributed by atoms with Crippen LogP contribution in [0.25, 0.3) is 0 Å². The molecule has 0 fully saturated rings. The van der Waals surface area contributed by atoms with Gasteiger partial charge in [0.2, 0.25) is 0 Å². The smallest absolute Gasteiger partial charge is 0.354 e. The van der Waals surface area contributed by atoms with Crippen molar-refractivity contribution in [2.45, 2.75) is 0 Å². The van der Waals surface area contributed by atoms with Crippen molar-refractivity contribution in [3.8, 4) is 0 Å². The Balaban J connectivity index is 3.17. The third kappa shape index (κ3) is 4.21. The van der Waals surface area contributed by atoms with Crippen LogP contribution in [0.4, 0.5) is 10.1 Å². The lowest BCUT2D eigenvalue weighted by molar-refractivity contribution is -0.138. The van der Waals surface area contributed by atoms with Gasteiger partial charge in [0.1, 0.15) is 5.70 Å². The zero-order valence-corrected chi connectivity index (χ0v) is 12.8. The van der Waals surface area contributed by atoms with E-state index >= 15 is 0 Å². The van der Waals surface area contributed by atoms with Gasteiger partial charge in [-0.25, -0.2) is 14.0 Å². The van der Waals surface area contributed by atoms with Gasteiger partial charge < -0.3 is 14.8 Å². The van der Waals surface area contributed by atoms with Crippen LogP contribution in [0, 0.1) is 5.82 Å². The number of ether oxygens (including phenoxy) is 2. The molecule has 0 aliphatic rings. The molecule has 108 valence electrons. The minimum Gasteiger partial charge on any atom is -0.466 e. The van der Waals surface area contributed by atoms with Crippen molar-refractivity contribution in [1.29, 1.82) is 0 Å². The summed E-state index contributed by atoms with van der Waals surface area (Å²) >= 11 is 8.81. The molecule has 0 unspecified atom stereocenters. The fraction of sp³-hybridized carbons (Fsp3) is 0.167. The Hall–Kier alpha value is -1.60. The van der Waals surface area contributed by atoms with Crippen molar-refractivity contribution >= 4 is 45.2 Å². The highest BCUT2D eigenvalue weighted by atomic mass is 79.9. The van der Waals surface area contributed by atoms with Gasteiger partial charge in [0, 0.05) is 4.47 Å². The summed E-state index contributed by atoms with van der Waals surface area (Å²) in [6, 6.07) is 2.71. The summed E-state index contributed by atoms with van der Waals surface area (Å²) in [5, 5.41) is 2.29. The molecule has 1 aromatic carbocycles. The molecule has 0 atom stereocenters. The second-order valence-electron chi connectivity index (χ2n) is 3.45. The first kappa shape index (κ1) is 16.5. The van der Waals surface area contributed by atoms with Gasteiger partial charge >= 0.3 is 11.9 Å². The maximum absolute atomic E-state index is 13.8. The lowest BCUT2D eigenvalue weighted by Crippen LogP contribution is -2.16. The average Bonchev–Trinajstić information content (AvgIpc) is 2.42. The molecule has 0 bridgehead atoms. The highest BCUT2D eigenvalue weighted by molar-refractivity contribution is 9.10. The summed E-state index contributed by atoms with van der Waals surface area (Å²) in [5.74, 6) is -2.42. The molecule has 20 heavy (non-hydrogen) atoms. The Morgan fingerprint density at radius 2 is 2.00 bits per heavy atom. The van der Waals surface area contributed by atoms with Crippen LogP contribution in [0.2, 0.25) is 5.02 Å². The summed E-state index contributed by atoms with van der Waals surface area (Å²) in [6.45, 7) is 0. The molecule has 8 heteroatoms. The lowest BCUT2D eigenvalue weighted by atomic mass is 10.2. The van der Waals surface area contributed by atoms with E-state index in [1.807, 2.05) is 0 Å². The number of halogens is 3. The number of benzene rings is 1. The highest BCUT2D eigenvalue weighted by Crippen LogP contribution is 2.28. The van der Waals surface area contributed by atoms with E-state index in [0.29, 0.717) is 4.47 Å². The first-order chi connectivity index (χ1) is 9.38. The maximum Gasteiger partial charge on any atom is 0.354 e.